The Morgan fingerprint density at radius 3 is 2.43 bits per heavy atom. The van der Waals surface area contributed by atoms with Crippen LogP contribution in [0.5, 0.6) is 0 Å². The molecule has 1 atom stereocenters. The minimum atomic E-state index is -4.88. The van der Waals surface area contributed by atoms with Gasteiger partial charge in [0, 0.05) is 39.6 Å². The van der Waals surface area contributed by atoms with Gasteiger partial charge in [-0.1, -0.05) is 13.8 Å². The van der Waals surface area contributed by atoms with Gasteiger partial charge in [-0.15, -0.1) is 0 Å². The van der Waals surface area contributed by atoms with E-state index in [1.165, 1.54) is 26.2 Å². The number of imidazole rings is 1. The summed E-state index contributed by atoms with van der Waals surface area (Å²) in [6.45, 7) is 3.76. The van der Waals surface area contributed by atoms with E-state index >= 15 is 0 Å². The van der Waals surface area contributed by atoms with E-state index in [9.17, 15) is 31.5 Å². The minimum Gasteiger partial charge on any atom is -0.392 e. The number of hydrogen-bond donors (Lipinski definition) is 1. The highest BCUT2D eigenvalue weighted by molar-refractivity contribution is 7.90. The van der Waals surface area contributed by atoms with Crippen LogP contribution in [0.25, 0.3) is 11.0 Å². The Morgan fingerprint density at radius 2 is 1.89 bits per heavy atom. The van der Waals surface area contributed by atoms with Crippen molar-refractivity contribution in [3.63, 3.8) is 0 Å². The number of fused-ring (bicyclic) bond motifs is 3. The lowest BCUT2D eigenvalue weighted by Crippen LogP contribution is -2.42. The number of nitrogens with zero attached hydrogens (tertiary/aromatic N) is 6. The molecule has 10 nitrogen and oxygen atoms in total. The molecule has 1 aliphatic heterocycles. The number of alkyl halides is 3. The zero-order chi connectivity index (χ0) is 27.4. The standard InChI is InChI=1S/C23H27F3N6O4S/c1-12(2)18-20-28-15-8-13(11-33)17(37(5,35)36)9-16(15)31(20)6-7-32(18)22-27-10-14(21(34)30(3)4)19(29-22)23(24,25)26/h8-10,12,18,33H,6-7,11H2,1-5H3/t18-/m0/s1. The van der Waals surface area contributed by atoms with Crippen molar-refractivity contribution in [2.75, 3.05) is 31.8 Å². The van der Waals surface area contributed by atoms with E-state index in [2.05, 4.69) is 15.0 Å². The summed E-state index contributed by atoms with van der Waals surface area (Å²) >= 11 is 0. The third-order valence-electron chi connectivity index (χ3n) is 6.26. The predicted octanol–water partition coefficient (Wildman–Crippen LogP) is 2.66. The Bertz CT molecular complexity index is 1480. The topological polar surface area (TPSA) is 122 Å². The lowest BCUT2D eigenvalue weighted by atomic mass is 10.00. The number of aliphatic hydroxyl groups is 1. The van der Waals surface area contributed by atoms with E-state index < -0.39 is 45.8 Å². The smallest absolute Gasteiger partial charge is 0.392 e. The third kappa shape index (κ3) is 4.75. The molecule has 0 saturated carbocycles. The number of aliphatic hydroxyl groups excluding tert-OH is 1. The van der Waals surface area contributed by atoms with Gasteiger partial charge in [-0.25, -0.2) is 23.4 Å². The van der Waals surface area contributed by atoms with Gasteiger partial charge < -0.3 is 19.5 Å². The summed E-state index contributed by atoms with van der Waals surface area (Å²) in [5.41, 5.74) is -0.744. The van der Waals surface area contributed by atoms with E-state index in [-0.39, 0.29) is 35.4 Å². The van der Waals surface area contributed by atoms with Gasteiger partial charge in [0.25, 0.3) is 5.91 Å². The average molecular weight is 541 g/mol. The summed E-state index contributed by atoms with van der Waals surface area (Å²) in [4.78, 5) is 27.6. The molecule has 0 unspecified atom stereocenters. The van der Waals surface area contributed by atoms with Gasteiger partial charge in [0.1, 0.15) is 5.82 Å². The molecule has 2 aromatic heterocycles. The van der Waals surface area contributed by atoms with Crippen LogP contribution in [-0.2, 0) is 29.2 Å². The highest BCUT2D eigenvalue weighted by Gasteiger charge is 2.41. The first-order chi connectivity index (χ1) is 17.1. The lowest BCUT2D eigenvalue weighted by Gasteiger charge is -2.38. The monoisotopic (exact) mass is 540 g/mol. The maximum absolute atomic E-state index is 13.9. The molecule has 0 fully saturated rings. The highest BCUT2D eigenvalue weighted by Crippen LogP contribution is 2.39. The SMILES string of the molecule is CC(C)[C@H]1c2nc3cc(CO)c(S(C)(=O)=O)cc3n2CCN1c1ncc(C(=O)N(C)C)c(C(F)(F)F)n1. The summed E-state index contributed by atoms with van der Waals surface area (Å²) < 4.78 is 68.1. The van der Waals surface area contributed by atoms with Crippen molar-refractivity contribution in [3.8, 4) is 0 Å². The Balaban J connectivity index is 1.87. The fourth-order valence-electron chi connectivity index (χ4n) is 4.64. The molecule has 1 amide bonds. The molecule has 0 aliphatic carbocycles. The van der Waals surface area contributed by atoms with Crippen molar-refractivity contribution in [1.29, 1.82) is 0 Å². The molecule has 3 heterocycles. The van der Waals surface area contributed by atoms with E-state index in [4.69, 9.17) is 0 Å². The van der Waals surface area contributed by atoms with E-state index in [1.807, 2.05) is 18.4 Å². The second kappa shape index (κ2) is 9.24. The first kappa shape index (κ1) is 26.8. The van der Waals surface area contributed by atoms with Crippen molar-refractivity contribution >= 4 is 32.7 Å². The fraction of sp³-hybridized carbons (Fsp3) is 0.478. The number of aromatic nitrogens is 4. The molecule has 4 rings (SSSR count). The number of sulfone groups is 1. The van der Waals surface area contributed by atoms with Crippen LogP contribution in [0.15, 0.2) is 23.2 Å². The van der Waals surface area contributed by atoms with Crippen LogP contribution >= 0.6 is 0 Å². The van der Waals surface area contributed by atoms with Crippen LogP contribution in [0.1, 0.15) is 47.3 Å². The Kier molecular flexibility index (Phi) is 6.69. The van der Waals surface area contributed by atoms with Gasteiger partial charge in [0.2, 0.25) is 5.95 Å². The van der Waals surface area contributed by atoms with Crippen molar-refractivity contribution in [1.82, 2.24) is 24.4 Å². The summed E-state index contributed by atoms with van der Waals surface area (Å²) in [6, 6.07) is 2.44. The molecule has 1 N–H and O–H groups in total. The Hall–Kier alpha value is -3.26. The molecule has 1 aliphatic rings. The lowest BCUT2D eigenvalue weighted by molar-refractivity contribution is -0.141. The zero-order valence-electron chi connectivity index (χ0n) is 20.9. The number of amides is 1. The van der Waals surface area contributed by atoms with Crippen molar-refractivity contribution in [2.24, 2.45) is 5.92 Å². The van der Waals surface area contributed by atoms with Crippen molar-refractivity contribution in [2.45, 2.75) is 44.1 Å². The van der Waals surface area contributed by atoms with Crippen LogP contribution in [0.3, 0.4) is 0 Å². The fourth-order valence-corrected chi connectivity index (χ4v) is 5.56. The van der Waals surface area contributed by atoms with Gasteiger partial charge in [0.15, 0.2) is 15.5 Å². The van der Waals surface area contributed by atoms with Gasteiger partial charge in [-0.3, -0.25) is 4.79 Å². The van der Waals surface area contributed by atoms with E-state index in [0.717, 1.165) is 17.4 Å². The van der Waals surface area contributed by atoms with Crippen molar-refractivity contribution in [3.05, 3.63) is 41.0 Å². The summed E-state index contributed by atoms with van der Waals surface area (Å²) in [5, 5.41) is 9.72. The van der Waals surface area contributed by atoms with Gasteiger partial charge >= 0.3 is 6.18 Å². The quantitative estimate of drug-likeness (QED) is 0.524. The van der Waals surface area contributed by atoms with Crippen molar-refractivity contribution < 1.29 is 31.5 Å². The normalized spacial score (nSPS) is 16.4. The molecule has 1 aromatic carbocycles. The number of anilines is 1. The molecular weight excluding hydrogens is 513 g/mol. The first-order valence-electron chi connectivity index (χ1n) is 11.4. The number of carbonyl (C=O) groups is 1. The second-order valence-corrected chi connectivity index (χ2v) is 11.5. The van der Waals surface area contributed by atoms with Gasteiger partial charge in [0.05, 0.1) is 34.1 Å². The van der Waals surface area contributed by atoms with E-state index in [0.29, 0.717) is 16.9 Å². The van der Waals surface area contributed by atoms with Gasteiger partial charge in [-0.2, -0.15) is 13.2 Å². The highest BCUT2D eigenvalue weighted by atomic mass is 32.2. The number of rotatable bonds is 5. The molecule has 0 radical (unpaired) electrons. The van der Waals surface area contributed by atoms with E-state index in [1.54, 1.807) is 4.90 Å². The third-order valence-corrected chi connectivity index (χ3v) is 7.44. The number of halogens is 3. The van der Waals surface area contributed by atoms with Crippen LogP contribution < -0.4 is 4.90 Å². The molecule has 3 aromatic rings. The molecule has 14 heteroatoms. The maximum Gasteiger partial charge on any atom is 0.434 e. The second-order valence-electron chi connectivity index (χ2n) is 9.51. The number of benzene rings is 1. The minimum absolute atomic E-state index is 0.00646. The molecule has 0 spiro atoms. The maximum atomic E-state index is 13.9. The first-order valence-corrected chi connectivity index (χ1v) is 13.3. The molecular formula is C23H27F3N6O4S. The summed E-state index contributed by atoms with van der Waals surface area (Å²) in [6.07, 6.45) is -2.92. The van der Waals surface area contributed by atoms with Crippen LogP contribution in [0.4, 0.5) is 19.1 Å². The Labute approximate surface area is 211 Å². The average Bonchev–Trinajstić information content (AvgIpc) is 3.17. The van der Waals surface area contributed by atoms with Crippen LogP contribution in [0.2, 0.25) is 0 Å². The van der Waals surface area contributed by atoms with Gasteiger partial charge in [-0.05, 0) is 23.6 Å². The summed E-state index contributed by atoms with van der Waals surface area (Å²) in [5.74, 6) is -0.687. The predicted molar refractivity (Wildman–Crippen MR) is 129 cm³/mol. The number of carbonyl (C=O) groups excluding carboxylic acids is 1. The molecule has 0 bridgehead atoms. The molecule has 0 saturated heterocycles. The number of hydrogen-bond acceptors (Lipinski definition) is 8. The Morgan fingerprint density at radius 1 is 1.22 bits per heavy atom. The molecule has 200 valence electrons. The molecule has 37 heavy (non-hydrogen) atoms. The van der Waals surface area contributed by atoms with Crippen LogP contribution in [0, 0.1) is 5.92 Å². The van der Waals surface area contributed by atoms with Crippen LogP contribution in [-0.4, -0.2) is 70.7 Å². The largest absolute Gasteiger partial charge is 0.434 e. The summed E-state index contributed by atoms with van der Waals surface area (Å²) in [7, 11) is -0.940. The zero-order valence-corrected chi connectivity index (χ0v) is 21.7.